The highest BCUT2D eigenvalue weighted by Crippen LogP contribution is 2.26. The number of carboxylic acids is 1. The predicted octanol–water partition coefficient (Wildman–Crippen LogP) is 1.90. The van der Waals surface area contributed by atoms with Crippen molar-refractivity contribution in [2.45, 2.75) is 11.7 Å². The highest BCUT2D eigenvalue weighted by Gasteiger charge is 2.16. The maximum absolute atomic E-state index is 11.6. The molecule has 0 radical (unpaired) electrons. The predicted molar refractivity (Wildman–Crippen MR) is 78.0 cm³/mol. The van der Waals surface area contributed by atoms with Gasteiger partial charge in [-0.25, -0.2) is 4.98 Å². The van der Waals surface area contributed by atoms with Crippen molar-refractivity contribution in [2.75, 3.05) is 12.9 Å². The second-order valence-electron chi connectivity index (χ2n) is 4.14. The largest absolute Gasteiger partial charge is 0.481 e. The first kappa shape index (κ1) is 15.1. The minimum Gasteiger partial charge on any atom is -0.481 e. The first-order valence-electron chi connectivity index (χ1n) is 6.14. The van der Waals surface area contributed by atoms with Gasteiger partial charge in [-0.05, 0) is 5.56 Å². The number of benzene rings is 1. The number of thioether (sulfide) groups is 1. The summed E-state index contributed by atoms with van der Waals surface area (Å²) in [5.41, 5.74) is 1.64. The van der Waals surface area contributed by atoms with Gasteiger partial charge >= 0.3 is 11.9 Å². The van der Waals surface area contributed by atoms with E-state index < -0.39 is 11.9 Å². The van der Waals surface area contributed by atoms with Crippen LogP contribution in [0.5, 0.6) is 0 Å². The van der Waals surface area contributed by atoms with E-state index in [-0.39, 0.29) is 12.3 Å². The Bertz CT molecular complexity index is 640. The number of hydrogen-bond donors (Lipinski definition) is 1. The Balaban J connectivity index is 2.36. The molecular formula is C14H14N2O4S. The van der Waals surface area contributed by atoms with Crippen LogP contribution in [0, 0.1) is 0 Å². The van der Waals surface area contributed by atoms with Crippen LogP contribution in [-0.4, -0.2) is 39.5 Å². The van der Waals surface area contributed by atoms with Crippen LogP contribution in [0.3, 0.4) is 0 Å². The maximum Gasteiger partial charge on any atom is 0.325 e. The zero-order valence-electron chi connectivity index (χ0n) is 11.4. The van der Waals surface area contributed by atoms with Crippen molar-refractivity contribution in [2.24, 2.45) is 0 Å². The summed E-state index contributed by atoms with van der Waals surface area (Å²) >= 11 is 1.07. The molecule has 0 fully saturated rings. The zero-order chi connectivity index (χ0) is 15.2. The second kappa shape index (κ2) is 6.94. The lowest BCUT2D eigenvalue weighted by Gasteiger charge is -2.10. The Hall–Kier alpha value is -2.28. The topological polar surface area (TPSA) is 81.4 Å². The summed E-state index contributed by atoms with van der Waals surface area (Å²) in [7, 11) is 1.31. The Labute approximate surface area is 125 Å². The number of esters is 1. The molecule has 0 aliphatic heterocycles. The molecule has 1 N–H and O–H groups in total. The molecule has 1 heterocycles. The van der Waals surface area contributed by atoms with E-state index in [9.17, 15) is 9.59 Å². The number of aliphatic carboxylic acids is 1. The summed E-state index contributed by atoms with van der Waals surface area (Å²) in [4.78, 5) is 26.5. The Kier molecular flexibility index (Phi) is 4.99. The van der Waals surface area contributed by atoms with Crippen LogP contribution in [0.25, 0.3) is 11.3 Å². The van der Waals surface area contributed by atoms with E-state index in [2.05, 4.69) is 9.72 Å². The number of imidazole rings is 1. The van der Waals surface area contributed by atoms with Gasteiger partial charge in [0.2, 0.25) is 0 Å². The minimum absolute atomic E-state index is 0.0112. The van der Waals surface area contributed by atoms with Crippen LogP contribution >= 0.6 is 11.8 Å². The number of carbonyl (C=O) groups is 2. The van der Waals surface area contributed by atoms with Crippen LogP contribution in [-0.2, 0) is 20.9 Å². The van der Waals surface area contributed by atoms with Gasteiger partial charge in [0, 0.05) is 0 Å². The highest BCUT2D eigenvalue weighted by atomic mass is 32.2. The fourth-order valence-corrected chi connectivity index (χ4v) is 2.48. The van der Waals surface area contributed by atoms with Gasteiger partial charge in [-0.2, -0.15) is 0 Å². The molecular weight excluding hydrogens is 292 g/mol. The van der Waals surface area contributed by atoms with E-state index in [4.69, 9.17) is 5.11 Å². The van der Waals surface area contributed by atoms with Crippen molar-refractivity contribution in [3.8, 4) is 11.3 Å². The number of aromatic nitrogens is 2. The van der Waals surface area contributed by atoms with Crippen LogP contribution in [0.2, 0.25) is 0 Å². The number of nitrogens with zero attached hydrogens (tertiary/aromatic N) is 2. The van der Waals surface area contributed by atoms with E-state index in [1.165, 1.54) is 7.11 Å². The van der Waals surface area contributed by atoms with E-state index >= 15 is 0 Å². The van der Waals surface area contributed by atoms with Crippen molar-refractivity contribution in [1.82, 2.24) is 9.55 Å². The van der Waals surface area contributed by atoms with E-state index in [1.54, 1.807) is 10.8 Å². The van der Waals surface area contributed by atoms with Gasteiger partial charge in [0.25, 0.3) is 0 Å². The minimum atomic E-state index is -0.936. The van der Waals surface area contributed by atoms with Crippen molar-refractivity contribution in [1.29, 1.82) is 0 Å². The quantitative estimate of drug-likeness (QED) is 0.648. The lowest BCUT2D eigenvalue weighted by molar-refractivity contribution is -0.141. The molecule has 0 amide bonds. The van der Waals surface area contributed by atoms with Gasteiger partial charge in [-0.15, -0.1) is 0 Å². The molecule has 6 nitrogen and oxygen atoms in total. The molecule has 0 saturated heterocycles. The average molecular weight is 306 g/mol. The highest BCUT2D eigenvalue weighted by molar-refractivity contribution is 7.99. The number of methoxy groups -OCH3 is 1. The molecule has 2 aromatic rings. The molecule has 110 valence electrons. The Morgan fingerprint density at radius 1 is 1.33 bits per heavy atom. The fraction of sp³-hybridized carbons (Fsp3) is 0.214. The molecule has 1 aromatic heterocycles. The van der Waals surface area contributed by atoms with Crippen molar-refractivity contribution < 1.29 is 19.4 Å². The third-order valence-electron chi connectivity index (χ3n) is 2.73. The van der Waals surface area contributed by atoms with Crippen LogP contribution in [0.1, 0.15) is 0 Å². The standard InChI is InChI=1S/C14H14N2O4S/c1-20-13(19)8-16-11(10-5-3-2-4-6-10)7-15-14(16)21-9-12(17)18/h2-7H,8-9H2,1H3,(H,17,18). The average Bonchev–Trinajstić information content (AvgIpc) is 2.88. The number of rotatable bonds is 6. The third-order valence-corrected chi connectivity index (χ3v) is 3.70. The molecule has 0 atom stereocenters. The van der Waals surface area contributed by atoms with Gasteiger partial charge < -0.3 is 14.4 Å². The number of hydrogen-bond acceptors (Lipinski definition) is 5. The first-order valence-corrected chi connectivity index (χ1v) is 7.12. The summed E-state index contributed by atoms with van der Waals surface area (Å²) in [6.45, 7) is -0.0112. The molecule has 21 heavy (non-hydrogen) atoms. The van der Waals surface area contributed by atoms with Crippen molar-refractivity contribution in [3.05, 3.63) is 36.5 Å². The lowest BCUT2D eigenvalue weighted by Crippen LogP contribution is -2.14. The van der Waals surface area contributed by atoms with Gasteiger partial charge in [-0.1, -0.05) is 42.1 Å². The number of carbonyl (C=O) groups excluding carboxylic acids is 1. The molecule has 0 spiro atoms. The second-order valence-corrected chi connectivity index (χ2v) is 5.08. The summed E-state index contributed by atoms with van der Waals surface area (Å²) in [6.07, 6.45) is 1.63. The van der Waals surface area contributed by atoms with Gasteiger partial charge in [0.05, 0.1) is 24.8 Å². The molecule has 0 saturated carbocycles. The summed E-state index contributed by atoms with van der Waals surface area (Å²) in [5.74, 6) is -1.47. The van der Waals surface area contributed by atoms with Crippen LogP contribution in [0.4, 0.5) is 0 Å². The molecule has 0 bridgehead atoms. The van der Waals surface area contributed by atoms with Gasteiger partial charge in [0.15, 0.2) is 5.16 Å². The molecule has 1 aromatic carbocycles. The van der Waals surface area contributed by atoms with Crippen molar-refractivity contribution >= 4 is 23.7 Å². The van der Waals surface area contributed by atoms with Crippen molar-refractivity contribution in [3.63, 3.8) is 0 Å². The van der Waals surface area contributed by atoms with Crippen LogP contribution < -0.4 is 0 Å². The first-order chi connectivity index (χ1) is 10.1. The van der Waals surface area contributed by atoms with E-state index in [1.807, 2.05) is 30.3 Å². The zero-order valence-corrected chi connectivity index (χ0v) is 12.2. The van der Waals surface area contributed by atoms with Gasteiger partial charge in [-0.3, -0.25) is 9.59 Å². The molecule has 0 unspecified atom stereocenters. The normalized spacial score (nSPS) is 10.3. The molecule has 0 aliphatic carbocycles. The number of ether oxygens (including phenoxy) is 1. The lowest BCUT2D eigenvalue weighted by atomic mass is 10.2. The molecule has 0 aliphatic rings. The Morgan fingerprint density at radius 3 is 2.67 bits per heavy atom. The summed E-state index contributed by atoms with van der Waals surface area (Å²) in [6, 6.07) is 9.46. The Morgan fingerprint density at radius 2 is 2.05 bits per heavy atom. The molecule has 2 rings (SSSR count). The van der Waals surface area contributed by atoms with Gasteiger partial charge in [0.1, 0.15) is 6.54 Å². The maximum atomic E-state index is 11.6. The fourth-order valence-electron chi connectivity index (χ4n) is 1.79. The third kappa shape index (κ3) is 3.85. The monoisotopic (exact) mass is 306 g/mol. The summed E-state index contributed by atoms with van der Waals surface area (Å²) < 4.78 is 6.34. The summed E-state index contributed by atoms with van der Waals surface area (Å²) in [5, 5.41) is 9.24. The molecule has 7 heteroatoms. The van der Waals surface area contributed by atoms with E-state index in [0.29, 0.717) is 5.16 Å². The van der Waals surface area contributed by atoms with Crippen LogP contribution in [0.15, 0.2) is 41.7 Å². The smallest absolute Gasteiger partial charge is 0.325 e. The number of carboxylic acid groups (broad SMARTS) is 1. The SMILES string of the molecule is COC(=O)Cn1c(-c2ccccc2)cnc1SCC(=O)O. The van der Waals surface area contributed by atoms with E-state index in [0.717, 1.165) is 23.0 Å².